The molecule has 0 bridgehead atoms. The van der Waals surface area contributed by atoms with Crippen molar-refractivity contribution in [3.63, 3.8) is 0 Å². The van der Waals surface area contributed by atoms with E-state index in [9.17, 15) is 19.1 Å². The summed E-state index contributed by atoms with van der Waals surface area (Å²) in [5.41, 5.74) is 0.297. The molecule has 1 aliphatic rings. The van der Waals surface area contributed by atoms with E-state index in [0.29, 0.717) is 0 Å². The van der Waals surface area contributed by atoms with Gasteiger partial charge in [0.05, 0.1) is 11.6 Å². The zero-order valence-corrected chi connectivity index (χ0v) is 13.4. The van der Waals surface area contributed by atoms with E-state index in [0.717, 1.165) is 4.88 Å². The number of benzene rings is 1. The summed E-state index contributed by atoms with van der Waals surface area (Å²) < 4.78 is 13.1. The maximum absolute atomic E-state index is 13.1. The van der Waals surface area contributed by atoms with E-state index in [4.69, 9.17) is 0 Å². The number of hydrogen-bond acceptors (Lipinski definition) is 4. The number of nitrogens with zero attached hydrogens (tertiary/aromatic N) is 1. The van der Waals surface area contributed by atoms with E-state index in [2.05, 4.69) is 6.58 Å². The first-order valence-corrected chi connectivity index (χ1v) is 8.11. The third-order valence-electron chi connectivity index (χ3n) is 3.80. The van der Waals surface area contributed by atoms with Crippen LogP contribution in [0.15, 0.2) is 60.0 Å². The quantitative estimate of drug-likeness (QED) is 0.400. The number of hydrogen-bond donors (Lipinski definition) is 1. The topological polar surface area (TPSA) is 57.6 Å². The number of rotatable bonds is 4. The van der Waals surface area contributed by atoms with E-state index in [-0.39, 0.29) is 23.4 Å². The van der Waals surface area contributed by atoms with Crippen LogP contribution in [0.2, 0.25) is 0 Å². The van der Waals surface area contributed by atoms with Gasteiger partial charge in [-0.2, -0.15) is 0 Å². The number of carbonyl (C=O) groups is 2. The second kappa shape index (κ2) is 6.41. The van der Waals surface area contributed by atoms with E-state index >= 15 is 0 Å². The first kappa shape index (κ1) is 16.1. The molecule has 2 aromatic rings. The molecule has 0 spiro atoms. The van der Waals surface area contributed by atoms with Crippen LogP contribution in [0.4, 0.5) is 4.39 Å². The van der Waals surface area contributed by atoms with Crippen molar-refractivity contribution in [1.82, 2.24) is 4.90 Å². The molecule has 0 saturated carbocycles. The van der Waals surface area contributed by atoms with E-state index in [1.54, 1.807) is 6.07 Å². The molecule has 4 nitrogen and oxygen atoms in total. The highest BCUT2D eigenvalue weighted by Gasteiger charge is 2.45. The second-order valence-corrected chi connectivity index (χ2v) is 6.24. The summed E-state index contributed by atoms with van der Waals surface area (Å²) in [6, 6.07) is 8.06. The number of halogens is 1. The first-order valence-electron chi connectivity index (χ1n) is 7.23. The summed E-state index contributed by atoms with van der Waals surface area (Å²) in [7, 11) is 0. The van der Waals surface area contributed by atoms with Gasteiger partial charge in [0, 0.05) is 17.0 Å². The van der Waals surface area contributed by atoms with Crippen LogP contribution in [0, 0.1) is 5.82 Å². The maximum Gasteiger partial charge on any atom is 0.295 e. The fraction of sp³-hybridized carbons (Fsp3) is 0.111. The monoisotopic (exact) mass is 343 g/mol. The highest BCUT2D eigenvalue weighted by molar-refractivity contribution is 7.10. The van der Waals surface area contributed by atoms with E-state index in [1.165, 1.54) is 46.6 Å². The summed E-state index contributed by atoms with van der Waals surface area (Å²) in [5, 5.41) is 12.4. The minimum absolute atomic E-state index is 0.0101. The Morgan fingerprint density at radius 2 is 2.00 bits per heavy atom. The Bertz CT molecular complexity index is 824. The van der Waals surface area contributed by atoms with Gasteiger partial charge in [-0.15, -0.1) is 17.9 Å². The van der Waals surface area contributed by atoms with Crippen molar-refractivity contribution in [2.45, 2.75) is 6.04 Å². The fourth-order valence-electron chi connectivity index (χ4n) is 2.71. The zero-order chi connectivity index (χ0) is 17.3. The van der Waals surface area contributed by atoms with Gasteiger partial charge in [-0.05, 0) is 35.7 Å². The number of aliphatic hydroxyl groups is 1. The molecule has 1 N–H and O–H groups in total. The number of aliphatic hydroxyl groups excluding tert-OH is 1. The molecule has 24 heavy (non-hydrogen) atoms. The normalized spacial score (nSPS) is 19.7. The molecule has 0 radical (unpaired) electrons. The van der Waals surface area contributed by atoms with Crippen LogP contribution < -0.4 is 0 Å². The molecule has 1 aromatic heterocycles. The largest absolute Gasteiger partial charge is 0.507 e. The summed E-state index contributed by atoms with van der Waals surface area (Å²) >= 11 is 1.39. The molecule has 1 aromatic carbocycles. The Kier molecular flexibility index (Phi) is 4.31. The van der Waals surface area contributed by atoms with Crippen LogP contribution >= 0.6 is 11.3 Å². The third kappa shape index (κ3) is 2.65. The lowest BCUT2D eigenvalue weighted by Crippen LogP contribution is -2.29. The number of amides is 1. The Morgan fingerprint density at radius 3 is 2.58 bits per heavy atom. The van der Waals surface area contributed by atoms with Crippen molar-refractivity contribution in [1.29, 1.82) is 0 Å². The molecule has 1 atom stereocenters. The molecule has 3 rings (SSSR count). The predicted molar refractivity (Wildman–Crippen MR) is 89.9 cm³/mol. The highest BCUT2D eigenvalue weighted by atomic mass is 32.1. The molecule has 122 valence electrons. The van der Waals surface area contributed by atoms with Crippen molar-refractivity contribution in [3.05, 3.63) is 76.3 Å². The maximum atomic E-state index is 13.1. The lowest BCUT2D eigenvalue weighted by atomic mass is 10.00. The predicted octanol–water partition coefficient (Wildman–Crippen LogP) is 3.49. The van der Waals surface area contributed by atoms with Crippen LogP contribution in [-0.4, -0.2) is 28.2 Å². The average Bonchev–Trinajstić information content (AvgIpc) is 3.18. The van der Waals surface area contributed by atoms with Crippen LogP contribution in [0.25, 0.3) is 5.76 Å². The number of ketones is 1. The zero-order valence-electron chi connectivity index (χ0n) is 12.6. The van der Waals surface area contributed by atoms with Gasteiger partial charge in [0.15, 0.2) is 0 Å². The van der Waals surface area contributed by atoms with Gasteiger partial charge >= 0.3 is 0 Å². The SMILES string of the molecule is C=CCN1C(=O)C(=O)/C(=C(\O)c2ccc(F)cc2)C1c1cccs1. The summed E-state index contributed by atoms with van der Waals surface area (Å²) in [5.74, 6) is -2.19. The molecule has 6 heteroatoms. The first-order chi connectivity index (χ1) is 11.5. The van der Waals surface area contributed by atoms with Crippen LogP contribution in [-0.2, 0) is 9.59 Å². The van der Waals surface area contributed by atoms with Crippen LogP contribution in [0.3, 0.4) is 0 Å². The molecule has 1 saturated heterocycles. The Hall–Kier alpha value is -2.73. The Labute approximate surface area is 142 Å². The lowest BCUT2D eigenvalue weighted by molar-refractivity contribution is -0.139. The molecule has 2 heterocycles. The van der Waals surface area contributed by atoms with Gasteiger partial charge in [0.1, 0.15) is 11.6 Å². The minimum atomic E-state index is -0.753. The van der Waals surface area contributed by atoms with Gasteiger partial charge in [-0.1, -0.05) is 12.1 Å². The smallest absolute Gasteiger partial charge is 0.295 e. The van der Waals surface area contributed by atoms with Crippen molar-refractivity contribution < 1.29 is 19.1 Å². The van der Waals surface area contributed by atoms with Gasteiger partial charge in [0.25, 0.3) is 11.7 Å². The van der Waals surface area contributed by atoms with Gasteiger partial charge in [-0.25, -0.2) is 4.39 Å². The van der Waals surface area contributed by atoms with Gasteiger partial charge in [-0.3, -0.25) is 9.59 Å². The van der Waals surface area contributed by atoms with Crippen LogP contribution in [0.5, 0.6) is 0 Å². The van der Waals surface area contributed by atoms with Crippen LogP contribution in [0.1, 0.15) is 16.5 Å². The third-order valence-corrected chi connectivity index (χ3v) is 4.72. The average molecular weight is 343 g/mol. The molecule has 1 unspecified atom stereocenters. The van der Waals surface area contributed by atoms with Crippen molar-refractivity contribution in [3.8, 4) is 0 Å². The Balaban J connectivity index is 2.17. The van der Waals surface area contributed by atoms with Gasteiger partial charge < -0.3 is 10.0 Å². The van der Waals surface area contributed by atoms with E-state index < -0.39 is 23.5 Å². The number of Topliss-reactive ketones (excluding diaryl/α,β-unsaturated/α-hetero) is 1. The lowest BCUT2D eigenvalue weighted by Gasteiger charge is -2.22. The second-order valence-electron chi connectivity index (χ2n) is 5.26. The number of thiophene rings is 1. The summed E-state index contributed by atoms with van der Waals surface area (Å²) in [6.45, 7) is 3.80. The minimum Gasteiger partial charge on any atom is -0.507 e. The Morgan fingerprint density at radius 1 is 1.29 bits per heavy atom. The highest BCUT2D eigenvalue weighted by Crippen LogP contribution is 2.40. The molecular formula is C18H14FNO3S. The summed E-state index contributed by atoms with van der Waals surface area (Å²) in [6.07, 6.45) is 1.53. The van der Waals surface area contributed by atoms with Crippen molar-refractivity contribution in [2.24, 2.45) is 0 Å². The molecule has 1 amide bonds. The van der Waals surface area contributed by atoms with Gasteiger partial charge in [0.2, 0.25) is 0 Å². The summed E-state index contributed by atoms with van der Waals surface area (Å²) in [4.78, 5) is 26.9. The number of likely N-dealkylation sites (tertiary alicyclic amines) is 1. The van der Waals surface area contributed by atoms with Crippen molar-refractivity contribution >= 4 is 28.8 Å². The molecule has 1 fully saturated rings. The number of carbonyl (C=O) groups excluding carboxylic acids is 2. The molecular weight excluding hydrogens is 329 g/mol. The van der Waals surface area contributed by atoms with Crippen molar-refractivity contribution in [2.75, 3.05) is 6.54 Å². The standard InChI is InChI=1S/C18H14FNO3S/c1-2-9-20-15(13-4-3-10-24-13)14(17(22)18(20)23)16(21)11-5-7-12(19)8-6-11/h2-8,10,15,21H,1,9H2/b16-14-. The van der Waals surface area contributed by atoms with E-state index in [1.807, 2.05) is 11.4 Å². The molecule has 0 aliphatic carbocycles. The fourth-order valence-corrected chi connectivity index (χ4v) is 3.56. The molecule has 1 aliphatic heterocycles.